The minimum Gasteiger partial charge on any atom is -0.459 e. The predicted octanol–water partition coefficient (Wildman–Crippen LogP) is 5.68. The first kappa shape index (κ1) is 30.4. The van der Waals surface area contributed by atoms with Crippen LogP contribution in [0.25, 0.3) is 10.9 Å². The number of alkyl carbamates (subject to hydrolysis) is 1. The summed E-state index contributed by atoms with van der Waals surface area (Å²) in [5, 5.41) is 3.93. The summed E-state index contributed by atoms with van der Waals surface area (Å²) in [5.74, 6) is -0.473. The molecule has 0 saturated carbocycles. The number of hydrogen-bond donors (Lipinski definition) is 2. The van der Waals surface area contributed by atoms with Gasteiger partial charge in [-0.2, -0.15) is 0 Å². The molecular formula is C36H40N4O5. The molecule has 2 N–H and O–H groups in total. The van der Waals surface area contributed by atoms with Crippen LogP contribution in [-0.4, -0.2) is 57.0 Å². The van der Waals surface area contributed by atoms with Crippen molar-refractivity contribution in [1.29, 1.82) is 0 Å². The van der Waals surface area contributed by atoms with Gasteiger partial charge in [-0.05, 0) is 62.3 Å². The summed E-state index contributed by atoms with van der Waals surface area (Å²) in [6.07, 6.45) is 1.74. The van der Waals surface area contributed by atoms with E-state index >= 15 is 0 Å². The maximum Gasteiger partial charge on any atom is 0.407 e. The van der Waals surface area contributed by atoms with Crippen LogP contribution >= 0.6 is 0 Å². The number of carbonyl (C=O) groups is 3. The molecule has 2 atom stereocenters. The molecule has 1 aromatic heterocycles. The van der Waals surface area contributed by atoms with Crippen LogP contribution in [0.1, 0.15) is 55.5 Å². The number of esters is 1. The van der Waals surface area contributed by atoms with Gasteiger partial charge in [-0.15, -0.1) is 0 Å². The van der Waals surface area contributed by atoms with E-state index in [1.54, 1.807) is 4.90 Å². The predicted molar refractivity (Wildman–Crippen MR) is 171 cm³/mol. The fourth-order valence-electron chi connectivity index (χ4n) is 6.71. The minimum absolute atomic E-state index is 0.0554. The van der Waals surface area contributed by atoms with Crippen molar-refractivity contribution >= 4 is 28.9 Å². The summed E-state index contributed by atoms with van der Waals surface area (Å²) in [6.45, 7) is 5.35. The Bertz CT molecular complexity index is 1650. The number of amides is 2. The molecule has 4 aromatic rings. The van der Waals surface area contributed by atoms with Crippen molar-refractivity contribution in [2.24, 2.45) is 0 Å². The van der Waals surface area contributed by atoms with Crippen molar-refractivity contribution in [1.82, 2.24) is 20.1 Å². The monoisotopic (exact) mass is 608 g/mol. The lowest BCUT2D eigenvalue weighted by Crippen LogP contribution is -2.56. The van der Waals surface area contributed by atoms with E-state index in [0.29, 0.717) is 38.8 Å². The lowest BCUT2D eigenvalue weighted by Gasteiger charge is -2.42. The number of fused-ring (bicyclic) bond motifs is 4. The summed E-state index contributed by atoms with van der Waals surface area (Å²) in [7, 11) is 0. The fraction of sp³-hybridized carbons (Fsp3) is 0.361. The SMILES string of the molecule is CC1(C)N2Cc3[nH]c4ccccc4c3C[C@H]2C(=O)N1[C@@H](CCCCNC(=O)OCc1ccccc1)C(=O)OCc1ccccc1. The fourth-order valence-corrected chi connectivity index (χ4v) is 6.71. The van der Waals surface area contributed by atoms with Gasteiger partial charge in [0.25, 0.3) is 0 Å². The van der Waals surface area contributed by atoms with Crippen molar-refractivity contribution in [3.05, 3.63) is 107 Å². The Morgan fingerprint density at radius 2 is 1.56 bits per heavy atom. The van der Waals surface area contributed by atoms with Crippen LogP contribution in [0.2, 0.25) is 0 Å². The average Bonchev–Trinajstić information content (AvgIpc) is 3.51. The van der Waals surface area contributed by atoms with Crippen molar-refractivity contribution < 1.29 is 23.9 Å². The molecule has 0 unspecified atom stereocenters. The highest BCUT2D eigenvalue weighted by Crippen LogP contribution is 2.42. The Morgan fingerprint density at radius 3 is 2.27 bits per heavy atom. The Balaban J connectivity index is 1.13. The van der Waals surface area contributed by atoms with Crippen LogP contribution in [0, 0.1) is 0 Å². The number of aromatic amines is 1. The van der Waals surface area contributed by atoms with Gasteiger partial charge in [0.15, 0.2) is 0 Å². The molecule has 9 heteroatoms. The molecule has 2 amide bonds. The molecule has 1 saturated heterocycles. The second-order valence-corrected chi connectivity index (χ2v) is 12.3. The highest BCUT2D eigenvalue weighted by atomic mass is 16.5. The van der Waals surface area contributed by atoms with E-state index in [0.717, 1.165) is 27.7 Å². The van der Waals surface area contributed by atoms with Gasteiger partial charge in [0.1, 0.15) is 19.3 Å². The molecule has 0 spiro atoms. The topological polar surface area (TPSA) is 104 Å². The highest BCUT2D eigenvalue weighted by molar-refractivity contribution is 5.92. The number of hydrogen-bond acceptors (Lipinski definition) is 6. The number of nitrogens with one attached hydrogen (secondary N) is 2. The Hall–Kier alpha value is -4.63. The van der Waals surface area contributed by atoms with E-state index in [9.17, 15) is 14.4 Å². The van der Waals surface area contributed by atoms with E-state index < -0.39 is 23.8 Å². The number of rotatable bonds is 11. The lowest BCUT2D eigenvalue weighted by atomic mass is 9.96. The van der Waals surface area contributed by atoms with Crippen LogP contribution in [0.15, 0.2) is 84.9 Å². The maximum absolute atomic E-state index is 14.2. The van der Waals surface area contributed by atoms with E-state index in [4.69, 9.17) is 9.47 Å². The van der Waals surface area contributed by atoms with Gasteiger partial charge in [0.05, 0.1) is 11.7 Å². The molecule has 9 nitrogen and oxygen atoms in total. The van der Waals surface area contributed by atoms with Crippen LogP contribution in [-0.2, 0) is 45.2 Å². The highest BCUT2D eigenvalue weighted by Gasteiger charge is 2.56. The Morgan fingerprint density at radius 1 is 0.911 bits per heavy atom. The molecular weight excluding hydrogens is 568 g/mol. The molecule has 0 aliphatic carbocycles. The third kappa shape index (κ3) is 6.44. The van der Waals surface area contributed by atoms with Gasteiger partial charge in [-0.3, -0.25) is 9.69 Å². The Kier molecular flexibility index (Phi) is 8.89. The second-order valence-electron chi connectivity index (χ2n) is 12.3. The first-order chi connectivity index (χ1) is 21.8. The smallest absolute Gasteiger partial charge is 0.407 e. The second kappa shape index (κ2) is 13.2. The number of H-pyrrole nitrogens is 1. The molecule has 1 fully saturated rings. The molecule has 0 bridgehead atoms. The van der Waals surface area contributed by atoms with Crippen molar-refractivity contribution in [3.63, 3.8) is 0 Å². The lowest BCUT2D eigenvalue weighted by molar-refractivity contribution is -0.160. The van der Waals surface area contributed by atoms with E-state index in [2.05, 4.69) is 27.3 Å². The zero-order valence-electron chi connectivity index (χ0n) is 25.8. The van der Waals surface area contributed by atoms with Gasteiger partial charge >= 0.3 is 12.1 Å². The van der Waals surface area contributed by atoms with Gasteiger partial charge < -0.3 is 24.7 Å². The molecule has 45 heavy (non-hydrogen) atoms. The largest absolute Gasteiger partial charge is 0.459 e. The van der Waals surface area contributed by atoms with E-state index in [-0.39, 0.29) is 25.2 Å². The zero-order valence-corrected chi connectivity index (χ0v) is 25.8. The quantitative estimate of drug-likeness (QED) is 0.168. The number of carbonyl (C=O) groups excluding carboxylic acids is 3. The number of aromatic nitrogens is 1. The number of nitrogens with zero attached hydrogens (tertiary/aromatic N) is 2. The van der Waals surface area contributed by atoms with Crippen LogP contribution in [0.5, 0.6) is 0 Å². The van der Waals surface area contributed by atoms with Gasteiger partial charge in [-0.25, -0.2) is 9.59 Å². The molecule has 2 aliphatic rings. The van der Waals surface area contributed by atoms with Crippen LogP contribution < -0.4 is 5.32 Å². The zero-order chi connectivity index (χ0) is 31.4. The van der Waals surface area contributed by atoms with Crippen LogP contribution in [0.3, 0.4) is 0 Å². The third-order valence-corrected chi connectivity index (χ3v) is 9.01. The molecule has 3 aromatic carbocycles. The standard InChI is InChI=1S/C36H40N4O5/c1-36(2)39-22-30-28(27-17-9-10-18-29(27)38-30)21-32(39)33(41)40(36)31(34(42)44-23-25-13-5-3-6-14-25)19-11-12-20-37-35(43)45-24-26-15-7-4-8-16-26/h3-10,13-18,31-32,38H,11-12,19-24H2,1-2H3,(H,37,43)/t31-,32-/m0/s1. The number of benzene rings is 3. The van der Waals surface area contributed by atoms with Gasteiger partial charge in [0.2, 0.25) is 5.91 Å². The maximum atomic E-state index is 14.2. The minimum atomic E-state index is -0.762. The van der Waals surface area contributed by atoms with E-state index in [1.165, 1.54) is 5.56 Å². The van der Waals surface area contributed by atoms with Crippen LogP contribution in [0.4, 0.5) is 4.79 Å². The third-order valence-electron chi connectivity index (χ3n) is 9.01. The normalized spacial score (nSPS) is 17.9. The molecule has 6 rings (SSSR count). The van der Waals surface area contributed by atoms with Gasteiger partial charge in [0, 0.05) is 29.7 Å². The molecule has 2 aliphatic heterocycles. The average molecular weight is 609 g/mol. The number of ether oxygens (including phenoxy) is 2. The van der Waals surface area contributed by atoms with Crippen molar-refractivity contribution in [3.8, 4) is 0 Å². The van der Waals surface area contributed by atoms with Gasteiger partial charge in [-0.1, -0.05) is 78.9 Å². The summed E-state index contributed by atoms with van der Waals surface area (Å²) < 4.78 is 11.1. The molecule has 3 heterocycles. The summed E-state index contributed by atoms with van der Waals surface area (Å²) in [5.41, 5.74) is 4.45. The number of unbranched alkanes of at least 4 members (excludes halogenated alkanes) is 1. The first-order valence-electron chi connectivity index (χ1n) is 15.7. The first-order valence-corrected chi connectivity index (χ1v) is 15.7. The number of para-hydroxylation sites is 1. The van der Waals surface area contributed by atoms with Crippen molar-refractivity contribution in [2.75, 3.05) is 6.54 Å². The molecule has 234 valence electrons. The summed E-state index contributed by atoms with van der Waals surface area (Å²) in [4.78, 5) is 47.7. The summed E-state index contributed by atoms with van der Waals surface area (Å²) in [6, 6.07) is 26.1. The van der Waals surface area contributed by atoms with E-state index in [1.807, 2.05) is 86.6 Å². The summed E-state index contributed by atoms with van der Waals surface area (Å²) >= 11 is 0. The Labute approximate surface area is 263 Å². The molecule has 0 radical (unpaired) electrons. The van der Waals surface area contributed by atoms with Crippen molar-refractivity contribution in [2.45, 2.75) is 77.0 Å².